The van der Waals surface area contributed by atoms with E-state index in [9.17, 15) is 0 Å². The third-order valence-electron chi connectivity index (χ3n) is 12.3. The van der Waals surface area contributed by atoms with E-state index < -0.39 is 0 Å². The van der Waals surface area contributed by atoms with Gasteiger partial charge in [-0.3, -0.25) is 0 Å². The van der Waals surface area contributed by atoms with Crippen LogP contribution in [0.5, 0.6) is 0 Å². The van der Waals surface area contributed by atoms with Crippen LogP contribution in [0.15, 0.2) is 206 Å². The van der Waals surface area contributed by atoms with Gasteiger partial charge in [0.25, 0.3) is 0 Å². The predicted octanol–water partition coefficient (Wildman–Crippen LogP) is 15.1. The molecular weight excluding hydrogens is 713 g/mol. The Labute approximate surface area is 345 Å². The quantitative estimate of drug-likeness (QED) is 0.169. The molecule has 0 saturated carbocycles. The Morgan fingerprint density at radius 3 is 1.47 bits per heavy atom. The summed E-state index contributed by atoms with van der Waals surface area (Å²) in [5.74, 6) is 0.711. The van der Waals surface area contributed by atoms with Crippen LogP contribution in [0.2, 0.25) is 0 Å². The van der Waals surface area contributed by atoms with E-state index in [-0.39, 0.29) is 5.41 Å². The average Bonchev–Trinajstić information content (AvgIpc) is 3.53. The number of hydrogen-bond acceptors (Lipinski definition) is 2. The third-order valence-corrected chi connectivity index (χ3v) is 12.3. The van der Waals surface area contributed by atoms with Crippen molar-refractivity contribution in [3.05, 3.63) is 217 Å². The van der Waals surface area contributed by atoms with Gasteiger partial charge < -0.3 is 0 Å². The largest absolute Gasteiger partial charge is 0.228 e. The second-order valence-corrected chi connectivity index (χ2v) is 16.2. The van der Waals surface area contributed by atoms with Crippen LogP contribution in [-0.4, -0.2) is 9.97 Å². The second-order valence-electron chi connectivity index (χ2n) is 16.2. The molecule has 0 N–H and O–H groups in total. The maximum atomic E-state index is 5.37. The van der Waals surface area contributed by atoms with E-state index in [1.807, 2.05) is 6.07 Å². The van der Waals surface area contributed by atoms with E-state index in [2.05, 4.69) is 214 Å². The lowest BCUT2D eigenvalue weighted by Crippen LogP contribution is -2.14. The highest BCUT2D eigenvalue weighted by Crippen LogP contribution is 2.53. The number of rotatable bonds is 6. The van der Waals surface area contributed by atoms with Crippen LogP contribution in [0.25, 0.3) is 100.0 Å². The van der Waals surface area contributed by atoms with Crippen molar-refractivity contribution in [2.75, 3.05) is 0 Å². The van der Waals surface area contributed by atoms with Crippen molar-refractivity contribution in [1.82, 2.24) is 9.97 Å². The second kappa shape index (κ2) is 13.9. The summed E-state index contributed by atoms with van der Waals surface area (Å²) in [5.41, 5.74) is 17.2. The lowest BCUT2D eigenvalue weighted by molar-refractivity contribution is 0.661. The molecule has 0 fully saturated rings. The number of aromatic nitrogens is 2. The van der Waals surface area contributed by atoms with E-state index in [4.69, 9.17) is 9.97 Å². The van der Waals surface area contributed by atoms with Crippen molar-refractivity contribution >= 4 is 21.5 Å². The van der Waals surface area contributed by atoms with Gasteiger partial charge in [-0.25, -0.2) is 9.97 Å². The first-order valence-corrected chi connectivity index (χ1v) is 20.4. The summed E-state index contributed by atoms with van der Waals surface area (Å²) in [6.45, 7) is 4.70. The van der Waals surface area contributed by atoms with Crippen molar-refractivity contribution in [3.63, 3.8) is 0 Å². The molecule has 278 valence electrons. The standard InChI is InChI=1S/C57H40N2/c1-57(2)51-28-16-27-49(55(51)50-34-40-23-12-13-24-41(40)35-52(50)57)54-36-53(58-56(59-54)39-21-10-5-11-22-39)48-30-29-45(46-25-14-15-26-47(46)48)44-32-42(37-17-6-3-7-18-37)31-43(33-44)38-19-8-4-9-20-38/h3-36H,1-2H3. The maximum Gasteiger partial charge on any atom is 0.160 e. The topological polar surface area (TPSA) is 25.8 Å². The molecule has 0 amide bonds. The molecule has 0 unspecified atom stereocenters. The number of nitrogens with zero attached hydrogens (tertiary/aromatic N) is 2. The Morgan fingerprint density at radius 2 is 0.831 bits per heavy atom. The molecule has 9 aromatic carbocycles. The number of hydrogen-bond donors (Lipinski definition) is 0. The van der Waals surface area contributed by atoms with E-state index in [1.54, 1.807) is 0 Å². The Morgan fingerprint density at radius 1 is 0.322 bits per heavy atom. The van der Waals surface area contributed by atoms with Crippen LogP contribution in [-0.2, 0) is 5.41 Å². The van der Waals surface area contributed by atoms with Gasteiger partial charge in [0.05, 0.1) is 11.4 Å². The minimum absolute atomic E-state index is 0.160. The zero-order chi connectivity index (χ0) is 39.5. The number of benzene rings is 9. The molecule has 2 heteroatoms. The van der Waals surface area contributed by atoms with Gasteiger partial charge in [0, 0.05) is 22.1 Å². The summed E-state index contributed by atoms with van der Waals surface area (Å²) in [5, 5.41) is 4.84. The van der Waals surface area contributed by atoms with E-state index in [1.165, 1.54) is 71.8 Å². The van der Waals surface area contributed by atoms with Gasteiger partial charge in [-0.2, -0.15) is 0 Å². The number of fused-ring (bicyclic) bond motifs is 5. The molecule has 0 bridgehead atoms. The van der Waals surface area contributed by atoms with Gasteiger partial charge in [-0.05, 0) is 114 Å². The fourth-order valence-corrected chi connectivity index (χ4v) is 9.28. The molecule has 59 heavy (non-hydrogen) atoms. The molecule has 0 atom stereocenters. The minimum Gasteiger partial charge on any atom is -0.228 e. The van der Waals surface area contributed by atoms with Crippen LogP contribution >= 0.6 is 0 Å². The van der Waals surface area contributed by atoms with Crippen LogP contribution < -0.4 is 0 Å². The van der Waals surface area contributed by atoms with Crippen molar-refractivity contribution in [3.8, 4) is 78.4 Å². The van der Waals surface area contributed by atoms with E-state index in [0.29, 0.717) is 5.82 Å². The lowest BCUT2D eigenvalue weighted by atomic mass is 9.81. The fourth-order valence-electron chi connectivity index (χ4n) is 9.28. The summed E-state index contributed by atoms with van der Waals surface area (Å²) in [6, 6.07) is 74.4. The zero-order valence-corrected chi connectivity index (χ0v) is 33.0. The van der Waals surface area contributed by atoms with E-state index >= 15 is 0 Å². The molecule has 2 nitrogen and oxygen atoms in total. The molecule has 0 radical (unpaired) electrons. The Kier molecular flexibility index (Phi) is 8.20. The molecule has 11 rings (SSSR count). The van der Waals surface area contributed by atoms with Crippen molar-refractivity contribution < 1.29 is 0 Å². The molecule has 1 heterocycles. The normalized spacial score (nSPS) is 12.7. The van der Waals surface area contributed by atoms with Crippen molar-refractivity contribution in [2.24, 2.45) is 0 Å². The smallest absolute Gasteiger partial charge is 0.160 e. The Hall–Kier alpha value is -7.42. The molecule has 10 aromatic rings. The molecule has 1 aliphatic carbocycles. The minimum atomic E-state index is -0.160. The summed E-state index contributed by atoms with van der Waals surface area (Å²) < 4.78 is 0. The third kappa shape index (κ3) is 5.96. The van der Waals surface area contributed by atoms with Crippen LogP contribution in [0.1, 0.15) is 25.0 Å². The first-order chi connectivity index (χ1) is 29.0. The van der Waals surface area contributed by atoms with Crippen molar-refractivity contribution in [1.29, 1.82) is 0 Å². The average molecular weight is 753 g/mol. The Bertz CT molecular complexity index is 3160. The monoisotopic (exact) mass is 752 g/mol. The fraction of sp³-hybridized carbons (Fsp3) is 0.0526. The highest BCUT2D eigenvalue weighted by atomic mass is 14.9. The highest BCUT2D eigenvalue weighted by Gasteiger charge is 2.37. The molecule has 1 aromatic heterocycles. The molecule has 0 saturated heterocycles. The van der Waals surface area contributed by atoms with Crippen LogP contribution in [0.4, 0.5) is 0 Å². The first kappa shape index (κ1) is 34.8. The van der Waals surface area contributed by atoms with Crippen molar-refractivity contribution in [2.45, 2.75) is 19.3 Å². The lowest BCUT2D eigenvalue weighted by Gasteiger charge is -2.22. The summed E-state index contributed by atoms with van der Waals surface area (Å²) in [7, 11) is 0. The highest BCUT2D eigenvalue weighted by molar-refractivity contribution is 6.06. The Balaban J connectivity index is 1.12. The molecular formula is C57H40N2. The molecule has 0 spiro atoms. The summed E-state index contributed by atoms with van der Waals surface area (Å²) >= 11 is 0. The van der Waals surface area contributed by atoms with E-state index in [0.717, 1.165) is 33.5 Å². The van der Waals surface area contributed by atoms with Gasteiger partial charge in [0.15, 0.2) is 5.82 Å². The van der Waals surface area contributed by atoms with Gasteiger partial charge in [-0.1, -0.05) is 184 Å². The summed E-state index contributed by atoms with van der Waals surface area (Å²) in [4.78, 5) is 10.7. The van der Waals surface area contributed by atoms with Gasteiger partial charge >= 0.3 is 0 Å². The first-order valence-electron chi connectivity index (χ1n) is 20.4. The van der Waals surface area contributed by atoms with Gasteiger partial charge in [0.2, 0.25) is 0 Å². The SMILES string of the molecule is CC1(C)c2cc3ccccc3cc2-c2c(-c3cc(-c4ccc(-c5cc(-c6ccccc6)cc(-c6ccccc6)c5)c5ccccc45)nc(-c4ccccc4)n3)cccc21. The molecule has 0 aliphatic heterocycles. The van der Waals surface area contributed by atoms with Gasteiger partial charge in [0.1, 0.15) is 0 Å². The van der Waals surface area contributed by atoms with Gasteiger partial charge in [-0.15, -0.1) is 0 Å². The van der Waals surface area contributed by atoms with Crippen LogP contribution in [0.3, 0.4) is 0 Å². The predicted molar refractivity (Wildman–Crippen MR) is 247 cm³/mol. The zero-order valence-electron chi connectivity index (χ0n) is 33.0. The van der Waals surface area contributed by atoms with Crippen LogP contribution in [0, 0.1) is 0 Å². The summed E-state index contributed by atoms with van der Waals surface area (Å²) in [6.07, 6.45) is 0. The maximum absolute atomic E-state index is 5.37. The molecule has 1 aliphatic rings.